The van der Waals surface area contributed by atoms with E-state index >= 15 is 0 Å². The largest absolute Gasteiger partial charge is 0.494 e. The summed E-state index contributed by atoms with van der Waals surface area (Å²) in [6, 6.07) is 27.0. The molecule has 0 bridgehead atoms. The van der Waals surface area contributed by atoms with Crippen molar-refractivity contribution in [2.45, 2.75) is 39.7 Å². The minimum absolute atomic E-state index is 0.250. The van der Waals surface area contributed by atoms with Crippen LogP contribution in [0.5, 0.6) is 0 Å². The summed E-state index contributed by atoms with van der Waals surface area (Å²) in [6.07, 6.45) is 0.912. The van der Waals surface area contributed by atoms with Crippen LogP contribution in [0.3, 0.4) is 0 Å². The van der Waals surface area contributed by atoms with E-state index in [4.69, 9.17) is 14.3 Å². The fraction of sp³-hybridized carbons (Fsp3) is 0.269. The number of imidazole rings is 1. The van der Waals surface area contributed by atoms with Crippen molar-refractivity contribution in [3.63, 3.8) is 0 Å². The first kappa shape index (κ1) is 21.4. The van der Waals surface area contributed by atoms with Gasteiger partial charge in [0.1, 0.15) is 5.82 Å². The van der Waals surface area contributed by atoms with Gasteiger partial charge in [0.15, 0.2) is 0 Å². The summed E-state index contributed by atoms with van der Waals surface area (Å²) in [5, 5.41) is 0. The minimum Gasteiger partial charge on any atom is -0.408 e. The molecular formula is C26H29BN2O2. The van der Waals surface area contributed by atoms with E-state index in [9.17, 15) is 0 Å². The lowest BCUT2D eigenvalue weighted by Crippen LogP contribution is -2.43. The Morgan fingerprint density at radius 2 is 1.55 bits per heavy atom. The van der Waals surface area contributed by atoms with E-state index in [0.29, 0.717) is 6.61 Å². The molecule has 0 unspecified atom stereocenters. The van der Waals surface area contributed by atoms with E-state index in [2.05, 4.69) is 92.1 Å². The van der Waals surface area contributed by atoms with E-state index < -0.39 is 0 Å². The fourth-order valence-electron chi connectivity index (χ4n) is 3.57. The molecule has 4 rings (SSSR count). The molecule has 0 fully saturated rings. The molecule has 0 aliphatic rings. The standard InChI is InChI=1S/C26H29BN2O2/c1-5-26(3,4)31-27(30-6-2)21-18-16-20(17-19-21)25-28-23-14-10-11-15-24(23)29(25)22-12-8-7-9-13-22/h7-19H,5-6H2,1-4H3. The van der Waals surface area contributed by atoms with Gasteiger partial charge < -0.3 is 9.31 Å². The Hall–Kier alpha value is -2.89. The average molecular weight is 412 g/mol. The van der Waals surface area contributed by atoms with Crippen LogP contribution in [0.15, 0.2) is 78.9 Å². The van der Waals surface area contributed by atoms with Crippen LogP contribution in [0.1, 0.15) is 34.1 Å². The van der Waals surface area contributed by atoms with Crippen molar-refractivity contribution in [2.75, 3.05) is 6.61 Å². The van der Waals surface area contributed by atoms with Crippen LogP contribution in [-0.4, -0.2) is 28.9 Å². The maximum atomic E-state index is 6.26. The number of rotatable bonds is 8. The number of hydrogen-bond donors (Lipinski definition) is 0. The van der Waals surface area contributed by atoms with Crippen LogP contribution in [0, 0.1) is 0 Å². The molecule has 4 aromatic rings. The first-order chi connectivity index (χ1) is 15.0. The van der Waals surface area contributed by atoms with Crippen molar-refractivity contribution in [2.24, 2.45) is 0 Å². The quantitative estimate of drug-likeness (QED) is 0.352. The molecule has 0 atom stereocenters. The normalized spacial score (nSPS) is 11.7. The van der Waals surface area contributed by atoms with Gasteiger partial charge in [-0.05, 0) is 56.9 Å². The van der Waals surface area contributed by atoms with E-state index in [-0.39, 0.29) is 12.7 Å². The molecule has 4 nitrogen and oxygen atoms in total. The Morgan fingerprint density at radius 3 is 2.23 bits per heavy atom. The molecule has 1 aromatic heterocycles. The van der Waals surface area contributed by atoms with Crippen molar-refractivity contribution in [3.8, 4) is 17.1 Å². The second kappa shape index (κ2) is 9.09. The summed E-state index contributed by atoms with van der Waals surface area (Å²) in [5.41, 5.74) is 4.97. The average Bonchev–Trinajstić information content (AvgIpc) is 3.19. The zero-order valence-electron chi connectivity index (χ0n) is 18.7. The molecule has 0 aliphatic heterocycles. The zero-order chi connectivity index (χ0) is 21.8. The number of hydrogen-bond acceptors (Lipinski definition) is 3. The molecule has 0 radical (unpaired) electrons. The van der Waals surface area contributed by atoms with Gasteiger partial charge in [-0.25, -0.2) is 4.98 Å². The third-order valence-corrected chi connectivity index (χ3v) is 5.61. The van der Waals surface area contributed by atoms with Crippen LogP contribution in [0.25, 0.3) is 28.1 Å². The topological polar surface area (TPSA) is 36.3 Å². The Morgan fingerprint density at radius 1 is 0.871 bits per heavy atom. The van der Waals surface area contributed by atoms with Crippen LogP contribution in [0.2, 0.25) is 0 Å². The van der Waals surface area contributed by atoms with Gasteiger partial charge in [-0.1, -0.05) is 61.5 Å². The molecule has 158 valence electrons. The van der Waals surface area contributed by atoms with Gasteiger partial charge in [0, 0.05) is 23.5 Å². The monoisotopic (exact) mass is 412 g/mol. The molecule has 31 heavy (non-hydrogen) atoms. The lowest BCUT2D eigenvalue weighted by Gasteiger charge is -2.28. The van der Waals surface area contributed by atoms with Gasteiger partial charge in [0.25, 0.3) is 0 Å². The molecule has 0 N–H and O–H groups in total. The molecule has 3 aromatic carbocycles. The van der Waals surface area contributed by atoms with Gasteiger partial charge in [0.05, 0.1) is 11.0 Å². The maximum absolute atomic E-state index is 6.26. The molecule has 0 saturated heterocycles. The predicted molar refractivity (Wildman–Crippen MR) is 129 cm³/mol. The molecule has 0 amide bonds. The van der Waals surface area contributed by atoms with Gasteiger partial charge >= 0.3 is 7.12 Å². The van der Waals surface area contributed by atoms with Gasteiger partial charge in [0.2, 0.25) is 0 Å². The summed E-state index contributed by atoms with van der Waals surface area (Å²) in [7, 11) is -0.387. The van der Waals surface area contributed by atoms with Gasteiger partial charge in [-0.15, -0.1) is 0 Å². The minimum atomic E-state index is -0.387. The Bertz CT molecular complexity index is 1140. The molecule has 0 aliphatic carbocycles. The van der Waals surface area contributed by atoms with Crippen molar-refractivity contribution < 1.29 is 9.31 Å². The highest BCUT2D eigenvalue weighted by Crippen LogP contribution is 2.28. The number of para-hydroxylation sites is 3. The SMILES string of the molecule is CCOB(OC(C)(C)CC)c1ccc(-c2nc3ccccc3n2-c2ccccc2)cc1. The second-order valence-corrected chi connectivity index (χ2v) is 8.24. The maximum Gasteiger partial charge on any atom is 0.494 e. The Labute approximate surface area is 185 Å². The number of aromatic nitrogens is 2. The molecular weight excluding hydrogens is 383 g/mol. The lowest BCUT2D eigenvalue weighted by atomic mass is 9.77. The molecule has 5 heteroatoms. The highest BCUT2D eigenvalue weighted by molar-refractivity contribution is 6.61. The first-order valence-corrected chi connectivity index (χ1v) is 10.9. The smallest absolute Gasteiger partial charge is 0.408 e. The van der Waals surface area contributed by atoms with E-state index in [1.54, 1.807) is 0 Å². The molecule has 1 heterocycles. The van der Waals surface area contributed by atoms with Crippen LogP contribution in [0.4, 0.5) is 0 Å². The van der Waals surface area contributed by atoms with Crippen LogP contribution in [-0.2, 0) is 9.31 Å². The lowest BCUT2D eigenvalue weighted by molar-refractivity contribution is 0.0706. The summed E-state index contributed by atoms with van der Waals surface area (Å²) >= 11 is 0. The molecule has 0 saturated carbocycles. The summed E-state index contributed by atoms with van der Waals surface area (Å²) in [4.78, 5) is 4.94. The summed E-state index contributed by atoms with van der Waals surface area (Å²) < 4.78 is 14.4. The zero-order valence-corrected chi connectivity index (χ0v) is 18.7. The third kappa shape index (κ3) is 4.58. The summed E-state index contributed by atoms with van der Waals surface area (Å²) in [5.74, 6) is 0.918. The van der Waals surface area contributed by atoms with E-state index in [1.807, 2.05) is 19.1 Å². The second-order valence-electron chi connectivity index (χ2n) is 8.24. The summed E-state index contributed by atoms with van der Waals surface area (Å²) in [6.45, 7) is 8.90. The van der Waals surface area contributed by atoms with Gasteiger partial charge in [-0.2, -0.15) is 0 Å². The number of fused-ring (bicyclic) bond motifs is 1. The van der Waals surface area contributed by atoms with Crippen molar-refractivity contribution >= 4 is 23.6 Å². The van der Waals surface area contributed by atoms with E-state index in [1.165, 1.54) is 0 Å². The van der Waals surface area contributed by atoms with E-state index in [0.717, 1.165) is 40.0 Å². The Balaban J connectivity index is 1.74. The van der Waals surface area contributed by atoms with Gasteiger partial charge in [-0.3, -0.25) is 4.57 Å². The van der Waals surface area contributed by atoms with Crippen molar-refractivity contribution in [1.82, 2.24) is 9.55 Å². The highest BCUT2D eigenvalue weighted by Gasteiger charge is 2.29. The number of nitrogens with zero attached hydrogens (tertiary/aromatic N) is 2. The molecule has 0 spiro atoms. The highest BCUT2D eigenvalue weighted by atomic mass is 16.6. The first-order valence-electron chi connectivity index (χ1n) is 10.9. The number of benzene rings is 3. The van der Waals surface area contributed by atoms with Crippen LogP contribution >= 0.6 is 0 Å². The van der Waals surface area contributed by atoms with Crippen LogP contribution < -0.4 is 5.46 Å². The van der Waals surface area contributed by atoms with Crippen molar-refractivity contribution in [3.05, 3.63) is 78.9 Å². The van der Waals surface area contributed by atoms with Crippen molar-refractivity contribution in [1.29, 1.82) is 0 Å². The fourth-order valence-corrected chi connectivity index (χ4v) is 3.57. The Kier molecular flexibility index (Phi) is 6.26. The predicted octanol–water partition coefficient (Wildman–Crippen LogP) is 5.63. The third-order valence-electron chi connectivity index (χ3n) is 5.61.